The molecule has 0 aliphatic carbocycles. The lowest BCUT2D eigenvalue weighted by Crippen LogP contribution is -2.27. The fourth-order valence-electron chi connectivity index (χ4n) is 1.23. The van der Waals surface area contributed by atoms with E-state index in [1.807, 2.05) is 31.4 Å². The van der Waals surface area contributed by atoms with Crippen LogP contribution in [-0.4, -0.2) is 5.91 Å². The molecule has 0 atom stereocenters. The van der Waals surface area contributed by atoms with Crippen LogP contribution >= 0.6 is 0 Å². The zero-order chi connectivity index (χ0) is 10.6. The van der Waals surface area contributed by atoms with Gasteiger partial charge in [-0.3, -0.25) is 10.2 Å². The summed E-state index contributed by atoms with van der Waals surface area (Å²) in [6, 6.07) is 6.05. The molecule has 0 fully saturated rings. The molecule has 0 radical (unpaired) electrons. The predicted molar refractivity (Wildman–Crippen MR) is 57.3 cm³/mol. The summed E-state index contributed by atoms with van der Waals surface area (Å²) in [7, 11) is 0. The summed E-state index contributed by atoms with van der Waals surface area (Å²) in [5, 5.41) is 0. The monoisotopic (exact) mass is 190 g/mol. The number of hydrogen-bond donors (Lipinski definition) is 2. The van der Waals surface area contributed by atoms with E-state index in [1.165, 1.54) is 11.6 Å². The molecule has 0 unspecified atom stereocenters. The molecular weight excluding hydrogens is 176 g/mol. The van der Waals surface area contributed by atoms with Crippen LogP contribution in [0.5, 0.6) is 0 Å². The molecule has 1 amide bonds. The first-order valence-electron chi connectivity index (χ1n) is 4.39. The summed E-state index contributed by atoms with van der Waals surface area (Å²) in [5.74, 6) is 4.65. The van der Waals surface area contributed by atoms with Crippen molar-refractivity contribution in [2.75, 3.05) is 0 Å². The van der Waals surface area contributed by atoms with E-state index in [0.29, 0.717) is 0 Å². The first-order chi connectivity index (χ1) is 6.63. The van der Waals surface area contributed by atoms with Gasteiger partial charge in [0.1, 0.15) is 0 Å². The van der Waals surface area contributed by atoms with Gasteiger partial charge in [0.15, 0.2) is 0 Å². The van der Waals surface area contributed by atoms with Crippen molar-refractivity contribution < 1.29 is 4.79 Å². The lowest BCUT2D eigenvalue weighted by molar-refractivity contribution is -0.116. The van der Waals surface area contributed by atoms with E-state index < -0.39 is 0 Å². The van der Waals surface area contributed by atoms with E-state index in [-0.39, 0.29) is 5.91 Å². The molecule has 3 nitrogen and oxygen atoms in total. The normalized spacial score (nSPS) is 10.5. The Morgan fingerprint density at radius 2 is 2.14 bits per heavy atom. The second kappa shape index (κ2) is 4.58. The maximum absolute atomic E-state index is 10.8. The molecule has 0 aliphatic rings. The zero-order valence-corrected chi connectivity index (χ0v) is 8.37. The van der Waals surface area contributed by atoms with E-state index in [1.54, 1.807) is 6.08 Å². The van der Waals surface area contributed by atoms with Gasteiger partial charge in [0, 0.05) is 6.08 Å². The number of benzene rings is 1. The van der Waals surface area contributed by atoms with Crippen molar-refractivity contribution in [2.45, 2.75) is 13.8 Å². The highest BCUT2D eigenvalue weighted by Crippen LogP contribution is 2.11. The van der Waals surface area contributed by atoms with Crippen LogP contribution in [-0.2, 0) is 4.79 Å². The number of nitrogens with one attached hydrogen (secondary N) is 1. The Kier molecular flexibility index (Phi) is 3.42. The van der Waals surface area contributed by atoms with E-state index >= 15 is 0 Å². The smallest absolute Gasteiger partial charge is 0.257 e. The van der Waals surface area contributed by atoms with Crippen molar-refractivity contribution in [1.82, 2.24) is 5.43 Å². The third kappa shape index (κ3) is 2.71. The average molecular weight is 190 g/mol. The number of rotatable bonds is 2. The fraction of sp³-hybridized carbons (Fsp3) is 0.182. The summed E-state index contributed by atoms with van der Waals surface area (Å²) >= 11 is 0. The van der Waals surface area contributed by atoms with Crippen LogP contribution in [0.1, 0.15) is 16.7 Å². The van der Waals surface area contributed by atoms with Gasteiger partial charge < -0.3 is 0 Å². The summed E-state index contributed by atoms with van der Waals surface area (Å²) in [5.41, 5.74) is 5.42. The predicted octanol–water partition coefficient (Wildman–Crippen LogP) is 1.31. The summed E-state index contributed by atoms with van der Waals surface area (Å²) in [4.78, 5) is 10.8. The van der Waals surface area contributed by atoms with Gasteiger partial charge in [-0.2, -0.15) is 0 Å². The molecule has 0 saturated heterocycles. The van der Waals surface area contributed by atoms with Crippen LogP contribution in [0.4, 0.5) is 0 Å². The number of aryl methyl sites for hydroxylation is 2. The second-order valence-electron chi connectivity index (χ2n) is 3.20. The van der Waals surface area contributed by atoms with Crippen molar-refractivity contribution in [1.29, 1.82) is 0 Å². The molecule has 0 saturated carbocycles. The summed E-state index contributed by atoms with van der Waals surface area (Å²) in [6.07, 6.45) is 3.16. The Bertz CT molecular complexity index is 370. The Labute approximate surface area is 83.6 Å². The van der Waals surface area contributed by atoms with Gasteiger partial charge >= 0.3 is 0 Å². The number of amides is 1. The maximum atomic E-state index is 10.8. The minimum absolute atomic E-state index is 0.301. The van der Waals surface area contributed by atoms with Crippen LogP contribution in [0.25, 0.3) is 6.08 Å². The molecule has 1 rings (SSSR count). The Hall–Kier alpha value is -1.61. The molecule has 0 aliphatic heterocycles. The first kappa shape index (κ1) is 10.5. The Morgan fingerprint density at radius 1 is 1.43 bits per heavy atom. The molecule has 0 spiro atoms. The van der Waals surface area contributed by atoms with Crippen LogP contribution in [0.3, 0.4) is 0 Å². The minimum atomic E-state index is -0.301. The third-order valence-electron chi connectivity index (χ3n) is 1.98. The standard InChI is InChI=1S/C11H14N2O/c1-8-3-4-10(9(2)7-8)5-6-11(14)13-12/h3-7H,12H2,1-2H3,(H,13,14)/b6-5+. The van der Waals surface area contributed by atoms with E-state index in [9.17, 15) is 4.79 Å². The molecule has 74 valence electrons. The van der Waals surface area contributed by atoms with Gasteiger partial charge in [-0.15, -0.1) is 0 Å². The van der Waals surface area contributed by atoms with Crippen molar-refractivity contribution >= 4 is 12.0 Å². The molecule has 0 aromatic heterocycles. The SMILES string of the molecule is Cc1ccc(/C=C/C(=O)NN)c(C)c1. The molecule has 0 bridgehead atoms. The van der Waals surface area contributed by atoms with Gasteiger partial charge in [0.25, 0.3) is 5.91 Å². The van der Waals surface area contributed by atoms with Crippen molar-refractivity contribution in [3.05, 3.63) is 41.0 Å². The van der Waals surface area contributed by atoms with E-state index in [2.05, 4.69) is 6.07 Å². The maximum Gasteiger partial charge on any atom is 0.257 e. The Morgan fingerprint density at radius 3 is 2.71 bits per heavy atom. The molecule has 14 heavy (non-hydrogen) atoms. The summed E-state index contributed by atoms with van der Waals surface area (Å²) in [6.45, 7) is 4.04. The van der Waals surface area contributed by atoms with Gasteiger partial charge in [0.05, 0.1) is 0 Å². The highest BCUT2D eigenvalue weighted by Gasteiger charge is 1.95. The van der Waals surface area contributed by atoms with Crippen molar-refractivity contribution in [3.63, 3.8) is 0 Å². The topological polar surface area (TPSA) is 55.1 Å². The molecule has 3 N–H and O–H groups in total. The lowest BCUT2D eigenvalue weighted by Gasteiger charge is -2.01. The second-order valence-corrected chi connectivity index (χ2v) is 3.20. The molecule has 1 aromatic carbocycles. The van der Waals surface area contributed by atoms with Crippen LogP contribution in [0.15, 0.2) is 24.3 Å². The highest BCUT2D eigenvalue weighted by atomic mass is 16.2. The third-order valence-corrected chi connectivity index (χ3v) is 1.98. The fourth-order valence-corrected chi connectivity index (χ4v) is 1.23. The van der Waals surface area contributed by atoms with E-state index in [4.69, 9.17) is 5.84 Å². The molecule has 0 heterocycles. The molecular formula is C11H14N2O. The molecule has 3 heteroatoms. The van der Waals surface area contributed by atoms with Gasteiger partial charge in [-0.1, -0.05) is 23.8 Å². The number of carbonyl (C=O) groups is 1. The number of carbonyl (C=O) groups excluding carboxylic acids is 1. The first-order valence-corrected chi connectivity index (χ1v) is 4.39. The minimum Gasteiger partial charge on any atom is -0.291 e. The van der Waals surface area contributed by atoms with Gasteiger partial charge in [-0.25, -0.2) is 5.84 Å². The van der Waals surface area contributed by atoms with Crippen LogP contribution < -0.4 is 11.3 Å². The molecule has 1 aromatic rings. The lowest BCUT2D eigenvalue weighted by atomic mass is 10.1. The van der Waals surface area contributed by atoms with Crippen LogP contribution in [0, 0.1) is 13.8 Å². The number of hydrazine groups is 1. The quantitative estimate of drug-likeness (QED) is 0.320. The van der Waals surface area contributed by atoms with E-state index in [0.717, 1.165) is 11.1 Å². The van der Waals surface area contributed by atoms with Crippen molar-refractivity contribution in [2.24, 2.45) is 5.84 Å². The number of nitrogens with two attached hydrogens (primary N) is 1. The van der Waals surface area contributed by atoms with Crippen LogP contribution in [0.2, 0.25) is 0 Å². The van der Waals surface area contributed by atoms with Gasteiger partial charge in [0.2, 0.25) is 0 Å². The average Bonchev–Trinajstić information content (AvgIpc) is 2.16. The Balaban J connectivity index is 2.87. The highest BCUT2D eigenvalue weighted by molar-refractivity contribution is 5.91. The number of hydrogen-bond acceptors (Lipinski definition) is 2. The largest absolute Gasteiger partial charge is 0.291 e. The zero-order valence-electron chi connectivity index (χ0n) is 8.37. The van der Waals surface area contributed by atoms with Crippen molar-refractivity contribution in [3.8, 4) is 0 Å². The van der Waals surface area contributed by atoms with Gasteiger partial charge in [-0.05, 0) is 31.1 Å². The summed E-state index contributed by atoms with van der Waals surface area (Å²) < 4.78 is 0.